The summed E-state index contributed by atoms with van der Waals surface area (Å²) in [6, 6.07) is 9.85. The fourth-order valence-electron chi connectivity index (χ4n) is 2.16. The summed E-state index contributed by atoms with van der Waals surface area (Å²) < 4.78 is 0. The van der Waals surface area contributed by atoms with E-state index in [4.69, 9.17) is 11.6 Å². The second-order valence-corrected chi connectivity index (χ2v) is 6.19. The summed E-state index contributed by atoms with van der Waals surface area (Å²) in [5, 5.41) is 7.37. The molecule has 2 N–H and O–H groups in total. The van der Waals surface area contributed by atoms with Crippen LogP contribution in [0.2, 0.25) is 5.02 Å². The van der Waals surface area contributed by atoms with Gasteiger partial charge in [0.1, 0.15) is 5.82 Å². The summed E-state index contributed by atoms with van der Waals surface area (Å²) >= 11 is 6.00. The van der Waals surface area contributed by atoms with Crippen molar-refractivity contribution >= 4 is 23.4 Å². The van der Waals surface area contributed by atoms with E-state index in [-0.39, 0.29) is 0 Å². The van der Waals surface area contributed by atoms with E-state index in [1.807, 2.05) is 31.2 Å². The minimum absolute atomic E-state index is 0.652. The van der Waals surface area contributed by atoms with Gasteiger partial charge in [-0.05, 0) is 45.1 Å². The summed E-state index contributed by atoms with van der Waals surface area (Å²) in [7, 11) is 4.10. The third-order valence-electron chi connectivity index (χ3n) is 3.31. The molecule has 0 aliphatic carbocycles. The topological polar surface area (TPSA) is 53.1 Å². The monoisotopic (exact) mass is 333 g/mol. The average Bonchev–Trinajstić information content (AvgIpc) is 2.46. The molecule has 0 amide bonds. The first-order valence-corrected chi connectivity index (χ1v) is 8.13. The second-order valence-electron chi connectivity index (χ2n) is 5.75. The van der Waals surface area contributed by atoms with Crippen LogP contribution in [0.1, 0.15) is 11.3 Å². The lowest BCUT2D eigenvalue weighted by atomic mass is 10.1. The average molecular weight is 334 g/mol. The van der Waals surface area contributed by atoms with Gasteiger partial charge in [0.05, 0.1) is 0 Å². The van der Waals surface area contributed by atoms with E-state index in [0.29, 0.717) is 5.95 Å². The Morgan fingerprint density at radius 3 is 2.65 bits per heavy atom. The fraction of sp³-hybridized carbons (Fsp3) is 0.412. The normalized spacial score (nSPS) is 10.8. The standard InChI is InChI=1S/C17H24ClN5/c1-13-11-16(19-9-10-23(2)3)22-17(21-13)20-8-7-14-5-4-6-15(18)12-14/h4-6,11-12H,7-10H2,1-3H3,(H2,19,20,21,22). The maximum absolute atomic E-state index is 6.00. The molecule has 124 valence electrons. The van der Waals surface area contributed by atoms with Crippen molar-refractivity contribution in [2.45, 2.75) is 13.3 Å². The van der Waals surface area contributed by atoms with Gasteiger partial charge in [-0.1, -0.05) is 23.7 Å². The first kappa shape index (κ1) is 17.5. The predicted octanol–water partition coefficient (Wildman–Crippen LogP) is 3.07. The van der Waals surface area contributed by atoms with Crippen molar-refractivity contribution in [1.82, 2.24) is 14.9 Å². The molecule has 0 fully saturated rings. The van der Waals surface area contributed by atoms with Crippen LogP contribution in [0.3, 0.4) is 0 Å². The van der Waals surface area contributed by atoms with Crippen molar-refractivity contribution in [2.75, 3.05) is 44.4 Å². The number of hydrogen-bond donors (Lipinski definition) is 2. The van der Waals surface area contributed by atoms with Crippen LogP contribution >= 0.6 is 11.6 Å². The number of aryl methyl sites for hydroxylation is 1. The molecule has 2 aromatic rings. The van der Waals surface area contributed by atoms with Gasteiger partial charge in [-0.25, -0.2) is 4.98 Å². The molecule has 0 radical (unpaired) electrons. The molecule has 5 nitrogen and oxygen atoms in total. The highest BCUT2D eigenvalue weighted by Gasteiger charge is 2.02. The van der Waals surface area contributed by atoms with Crippen LogP contribution in [0.15, 0.2) is 30.3 Å². The maximum atomic E-state index is 6.00. The molecular weight excluding hydrogens is 310 g/mol. The van der Waals surface area contributed by atoms with Crippen LogP contribution in [0, 0.1) is 6.92 Å². The van der Waals surface area contributed by atoms with Crippen molar-refractivity contribution in [2.24, 2.45) is 0 Å². The number of likely N-dealkylation sites (N-methyl/N-ethyl adjacent to an activating group) is 1. The smallest absolute Gasteiger partial charge is 0.224 e. The zero-order valence-corrected chi connectivity index (χ0v) is 14.7. The Bertz CT molecular complexity index is 630. The van der Waals surface area contributed by atoms with Gasteiger partial charge in [-0.2, -0.15) is 4.98 Å². The van der Waals surface area contributed by atoms with Gasteiger partial charge in [-0.15, -0.1) is 0 Å². The first-order chi connectivity index (χ1) is 11.0. The second kappa shape index (κ2) is 8.70. The highest BCUT2D eigenvalue weighted by atomic mass is 35.5. The fourth-order valence-corrected chi connectivity index (χ4v) is 2.37. The molecule has 1 aromatic carbocycles. The number of aromatic nitrogens is 2. The van der Waals surface area contributed by atoms with E-state index in [2.05, 4.69) is 45.7 Å². The number of benzene rings is 1. The van der Waals surface area contributed by atoms with Gasteiger partial charge in [0.25, 0.3) is 0 Å². The molecule has 0 spiro atoms. The third-order valence-corrected chi connectivity index (χ3v) is 3.54. The predicted molar refractivity (Wildman–Crippen MR) is 97.5 cm³/mol. The largest absolute Gasteiger partial charge is 0.369 e. The van der Waals surface area contributed by atoms with Crippen LogP contribution in [-0.2, 0) is 6.42 Å². The Morgan fingerprint density at radius 2 is 1.91 bits per heavy atom. The van der Waals surface area contributed by atoms with Crippen LogP contribution in [0.5, 0.6) is 0 Å². The summed E-state index contributed by atoms with van der Waals surface area (Å²) in [5.41, 5.74) is 2.14. The Labute approximate surface area is 143 Å². The van der Waals surface area contributed by atoms with Crippen LogP contribution < -0.4 is 10.6 Å². The van der Waals surface area contributed by atoms with Crippen molar-refractivity contribution in [3.05, 3.63) is 46.6 Å². The molecule has 0 aliphatic heterocycles. The quantitative estimate of drug-likeness (QED) is 0.777. The number of anilines is 2. The minimum atomic E-state index is 0.652. The lowest BCUT2D eigenvalue weighted by Gasteiger charge is -2.12. The van der Waals surface area contributed by atoms with Crippen molar-refractivity contribution in [3.63, 3.8) is 0 Å². The van der Waals surface area contributed by atoms with Crippen molar-refractivity contribution in [1.29, 1.82) is 0 Å². The van der Waals surface area contributed by atoms with Crippen LogP contribution in [-0.4, -0.2) is 48.6 Å². The number of nitrogens with zero attached hydrogens (tertiary/aromatic N) is 3. The lowest BCUT2D eigenvalue weighted by molar-refractivity contribution is 0.425. The molecule has 1 heterocycles. The molecule has 2 rings (SSSR count). The zero-order chi connectivity index (χ0) is 16.7. The highest BCUT2D eigenvalue weighted by Crippen LogP contribution is 2.12. The molecule has 0 saturated heterocycles. The van der Waals surface area contributed by atoms with Crippen LogP contribution in [0.25, 0.3) is 0 Å². The van der Waals surface area contributed by atoms with Gasteiger partial charge < -0.3 is 15.5 Å². The Morgan fingerprint density at radius 1 is 1.09 bits per heavy atom. The van der Waals surface area contributed by atoms with E-state index in [0.717, 1.165) is 42.6 Å². The van der Waals surface area contributed by atoms with E-state index >= 15 is 0 Å². The van der Waals surface area contributed by atoms with Crippen LogP contribution in [0.4, 0.5) is 11.8 Å². The number of halogens is 1. The van der Waals surface area contributed by atoms with E-state index in [1.165, 1.54) is 5.56 Å². The molecule has 23 heavy (non-hydrogen) atoms. The molecular formula is C17H24ClN5. The first-order valence-electron chi connectivity index (χ1n) is 7.75. The van der Waals surface area contributed by atoms with Crippen molar-refractivity contribution in [3.8, 4) is 0 Å². The number of rotatable bonds is 8. The Balaban J connectivity index is 1.88. The van der Waals surface area contributed by atoms with E-state index in [1.54, 1.807) is 0 Å². The molecule has 1 aromatic heterocycles. The van der Waals surface area contributed by atoms with Crippen molar-refractivity contribution < 1.29 is 0 Å². The minimum Gasteiger partial charge on any atom is -0.369 e. The summed E-state index contributed by atoms with van der Waals surface area (Å²) in [6.45, 7) is 4.55. The summed E-state index contributed by atoms with van der Waals surface area (Å²) in [6.07, 6.45) is 0.876. The van der Waals surface area contributed by atoms with E-state index in [9.17, 15) is 0 Å². The lowest BCUT2D eigenvalue weighted by Crippen LogP contribution is -2.21. The molecule has 0 saturated carbocycles. The van der Waals surface area contributed by atoms with Gasteiger partial charge in [0.2, 0.25) is 5.95 Å². The molecule has 0 bridgehead atoms. The van der Waals surface area contributed by atoms with Gasteiger partial charge in [0.15, 0.2) is 0 Å². The molecule has 6 heteroatoms. The number of nitrogens with one attached hydrogen (secondary N) is 2. The maximum Gasteiger partial charge on any atom is 0.224 e. The Kier molecular flexibility index (Phi) is 6.62. The molecule has 0 unspecified atom stereocenters. The highest BCUT2D eigenvalue weighted by molar-refractivity contribution is 6.30. The van der Waals surface area contributed by atoms with E-state index < -0.39 is 0 Å². The summed E-state index contributed by atoms with van der Waals surface area (Å²) in [5.74, 6) is 1.50. The third kappa shape index (κ3) is 6.42. The molecule has 0 atom stereocenters. The molecule has 0 aliphatic rings. The van der Waals surface area contributed by atoms with Gasteiger partial charge >= 0.3 is 0 Å². The SMILES string of the molecule is Cc1cc(NCCN(C)C)nc(NCCc2cccc(Cl)c2)n1. The van der Waals surface area contributed by atoms with Gasteiger partial charge in [-0.3, -0.25) is 0 Å². The number of hydrogen-bond acceptors (Lipinski definition) is 5. The van der Waals surface area contributed by atoms with Gasteiger partial charge in [0, 0.05) is 36.4 Å². The summed E-state index contributed by atoms with van der Waals surface area (Å²) in [4.78, 5) is 11.1. The zero-order valence-electron chi connectivity index (χ0n) is 13.9. The Hall–Kier alpha value is -1.85.